The maximum atomic E-state index is 12.1. The summed E-state index contributed by atoms with van der Waals surface area (Å²) in [4.78, 5) is 34.8. The molecule has 4 unspecified atom stereocenters. The predicted molar refractivity (Wildman–Crippen MR) is 148 cm³/mol. The fraction of sp³-hybridized carbons (Fsp3) is 0.233. The molecule has 0 saturated heterocycles. The standard InChI is InChI=1S/C30H30O12/c1-16-13-17(8-12-24(31)32)7-10-21(16)41-27(29(35)36)26(34)19-9-11-22(23(15-19)40-3)42-28(30(37)38)25(33)18-5-4-6-20(14-18)39-2/h4-15,25-28,33-34H,1-3H3,(H,31,32)(H,35,36)(H,37,38)/b12-8+. The largest absolute Gasteiger partial charge is 0.497 e. The summed E-state index contributed by atoms with van der Waals surface area (Å²) in [6.07, 6.45) is -4.49. The smallest absolute Gasteiger partial charge is 0.348 e. The van der Waals surface area contributed by atoms with Gasteiger partial charge in [0.2, 0.25) is 12.2 Å². The van der Waals surface area contributed by atoms with Gasteiger partial charge in [-0.1, -0.05) is 24.3 Å². The van der Waals surface area contributed by atoms with E-state index in [1.807, 2.05) is 0 Å². The topological polar surface area (TPSA) is 189 Å². The Morgan fingerprint density at radius 3 is 1.86 bits per heavy atom. The van der Waals surface area contributed by atoms with Gasteiger partial charge in [0, 0.05) is 6.08 Å². The Labute approximate surface area is 240 Å². The molecule has 5 N–H and O–H groups in total. The summed E-state index contributed by atoms with van der Waals surface area (Å²) in [5.41, 5.74) is 1.34. The number of hydrogen-bond acceptors (Lipinski definition) is 9. The van der Waals surface area contributed by atoms with Gasteiger partial charge in [-0.2, -0.15) is 0 Å². The van der Waals surface area contributed by atoms with E-state index in [9.17, 15) is 34.8 Å². The average molecular weight is 583 g/mol. The minimum absolute atomic E-state index is 0.0365. The average Bonchev–Trinajstić information content (AvgIpc) is 2.97. The second-order valence-corrected chi connectivity index (χ2v) is 9.03. The highest BCUT2D eigenvalue weighted by molar-refractivity contribution is 5.85. The summed E-state index contributed by atoms with van der Waals surface area (Å²) in [6.45, 7) is 1.63. The van der Waals surface area contributed by atoms with Crippen LogP contribution in [0.4, 0.5) is 0 Å². The molecule has 0 saturated carbocycles. The summed E-state index contributed by atoms with van der Waals surface area (Å²) < 4.78 is 21.6. The number of carbonyl (C=O) groups is 3. The number of hydrogen-bond donors (Lipinski definition) is 5. The molecule has 0 aliphatic heterocycles. The van der Waals surface area contributed by atoms with E-state index >= 15 is 0 Å². The van der Waals surface area contributed by atoms with Crippen LogP contribution in [0.3, 0.4) is 0 Å². The Morgan fingerprint density at radius 2 is 1.31 bits per heavy atom. The van der Waals surface area contributed by atoms with Gasteiger partial charge >= 0.3 is 17.9 Å². The number of aliphatic carboxylic acids is 3. The van der Waals surface area contributed by atoms with Crippen molar-refractivity contribution in [2.75, 3.05) is 14.2 Å². The Morgan fingerprint density at radius 1 is 0.714 bits per heavy atom. The van der Waals surface area contributed by atoms with Gasteiger partial charge in [-0.3, -0.25) is 0 Å². The van der Waals surface area contributed by atoms with Crippen molar-refractivity contribution in [3.8, 4) is 23.0 Å². The van der Waals surface area contributed by atoms with E-state index in [2.05, 4.69) is 0 Å². The molecule has 0 radical (unpaired) electrons. The molecule has 3 aromatic rings. The van der Waals surface area contributed by atoms with Crippen molar-refractivity contribution in [2.45, 2.75) is 31.3 Å². The van der Waals surface area contributed by atoms with Gasteiger partial charge in [0.25, 0.3) is 0 Å². The summed E-state index contributed by atoms with van der Waals surface area (Å²) in [6, 6.07) is 14.6. The number of aliphatic hydroxyl groups excluding tert-OH is 2. The normalized spacial score (nSPS) is 13.9. The summed E-state index contributed by atoms with van der Waals surface area (Å²) in [7, 11) is 2.69. The van der Waals surface area contributed by atoms with Crippen molar-refractivity contribution < 1.29 is 58.9 Å². The number of aryl methyl sites for hydroxylation is 1. The molecule has 3 aromatic carbocycles. The van der Waals surface area contributed by atoms with Crippen LogP contribution in [0.25, 0.3) is 6.08 Å². The van der Waals surface area contributed by atoms with Gasteiger partial charge in [0.05, 0.1) is 14.2 Å². The number of methoxy groups -OCH3 is 2. The second-order valence-electron chi connectivity index (χ2n) is 9.03. The fourth-order valence-electron chi connectivity index (χ4n) is 3.99. The first-order valence-corrected chi connectivity index (χ1v) is 12.4. The second kappa shape index (κ2) is 14.0. The molecule has 42 heavy (non-hydrogen) atoms. The first kappa shape index (κ1) is 31.5. The number of carboxylic acids is 3. The fourth-order valence-corrected chi connectivity index (χ4v) is 3.99. The van der Waals surface area contributed by atoms with Crippen molar-refractivity contribution in [3.63, 3.8) is 0 Å². The van der Waals surface area contributed by atoms with E-state index in [1.165, 1.54) is 62.8 Å². The molecule has 0 aliphatic rings. The van der Waals surface area contributed by atoms with Gasteiger partial charge in [0.1, 0.15) is 23.7 Å². The molecule has 12 heteroatoms. The van der Waals surface area contributed by atoms with E-state index < -0.39 is 42.3 Å². The monoisotopic (exact) mass is 582 g/mol. The highest BCUT2D eigenvalue weighted by Crippen LogP contribution is 2.35. The lowest BCUT2D eigenvalue weighted by Crippen LogP contribution is -2.34. The molecule has 0 amide bonds. The number of rotatable bonds is 14. The predicted octanol–water partition coefficient (Wildman–Crippen LogP) is 3.24. The molecule has 222 valence electrons. The highest BCUT2D eigenvalue weighted by Gasteiger charge is 2.33. The molecular formula is C30H30O12. The van der Waals surface area contributed by atoms with E-state index in [1.54, 1.807) is 25.1 Å². The van der Waals surface area contributed by atoms with Crippen molar-refractivity contribution in [1.29, 1.82) is 0 Å². The molecule has 0 heterocycles. The number of ether oxygens (including phenoxy) is 4. The van der Waals surface area contributed by atoms with Gasteiger partial charge in [-0.15, -0.1) is 0 Å². The third-order valence-corrected chi connectivity index (χ3v) is 6.15. The van der Waals surface area contributed by atoms with Gasteiger partial charge in [-0.25, -0.2) is 14.4 Å². The summed E-state index contributed by atoms with van der Waals surface area (Å²) in [5, 5.41) is 50.1. The quantitative estimate of drug-likeness (QED) is 0.175. The van der Waals surface area contributed by atoms with E-state index in [-0.39, 0.29) is 28.4 Å². The van der Waals surface area contributed by atoms with Crippen LogP contribution in [0.1, 0.15) is 34.5 Å². The lowest BCUT2D eigenvalue weighted by Gasteiger charge is -2.24. The van der Waals surface area contributed by atoms with Crippen LogP contribution in [-0.4, -0.2) is 69.9 Å². The zero-order valence-corrected chi connectivity index (χ0v) is 22.8. The van der Waals surface area contributed by atoms with Crippen LogP contribution >= 0.6 is 0 Å². The summed E-state index contributed by atoms with van der Waals surface area (Å²) >= 11 is 0. The summed E-state index contributed by atoms with van der Waals surface area (Å²) in [5.74, 6) is -3.62. The van der Waals surface area contributed by atoms with Crippen molar-refractivity contribution >= 4 is 24.0 Å². The lowest BCUT2D eigenvalue weighted by atomic mass is 10.0. The van der Waals surface area contributed by atoms with Crippen LogP contribution < -0.4 is 18.9 Å². The van der Waals surface area contributed by atoms with Crippen molar-refractivity contribution in [3.05, 3.63) is 89.0 Å². The van der Waals surface area contributed by atoms with Crippen molar-refractivity contribution in [1.82, 2.24) is 0 Å². The Balaban J connectivity index is 1.85. The molecular weight excluding hydrogens is 552 g/mol. The Bertz CT molecular complexity index is 1460. The minimum Gasteiger partial charge on any atom is -0.497 e. The molecule has 0 fully saturated rings. The number of aliphatic hydroxyl groups is 2. The first-order valence-electron chi connectivity index (χ1n) is 12.4. The van der Waals surface area contributed by atoms with Crippen LogP contribution in [0, 0.1) is 6.92 Å². The molecule has 0 aliphatic carbocycles. The maximum Gasteiger partial charge on any atom is 0.348 e. The molecule has 0 aromatic heterocycles. The molecule has 3 rings (SSSR count). The minimum atomic E-state index is -1.76. The number of carboxylic acid groups (broad SMARTS) is 3. The maximum absolute atomic E-state index is 12.1. The molecule has 4 atom stereocenters. The van der Waals surface area contributed by atoms with Gasteiger partial charge in [0.15, 0.2) is 11.5 Å². The van der Waals surface area contributed by atoms with E-state index in [0.29, 0.717) is 16.9 Å². The molecule has 0 spiro atoms. The first-order chi connectivity index (χ1) is 19.9. The van der Waals surface area contributed by atoms with Crippen molar-refractivity contribution in [2.24, 2.45) is 0 Å². The third-order valence-electron chi connectivity index (χ3n) is 6.15. The Kier molecular flexibility index (Phi) is 10.5. The van der Waals surface area contributed by atoms with Crippen LogP contribution in [0.15, 0.2) is 66.7 Å². The van der Waals surface area contributed by atoms with Crippen LogP contribution in [0.5, 0.6) is 23.0 Å². The zero-order valence-electron chi connectivity index (χ0n) is 22.8. The van der Waals surface area contributed by atoms with E-state index in [4.69, 9.17) is 24.1 Å². The van der Waals surface area contributed by atoms with Crippen LogP contribution in [-0.2, 0) is 14.4 Å². The lowest BCUT2D eigenvalue weighted by molar-refractivity contribution is -0.152. The van der Waals surface area contributed by atoms with E-state index in [0.717, 1.165) is 6.08 Å². The third kappa shape index (κ3) is 7.77. The van der Waals surface area contributed by atoms with Crippen LogP contribution in [0.2, 0.25) is 0 Å². The highest BCUT2D eigenvalue weighted by atomic mass is 16.5. The number of benzene rings is 3. The Hall–Kier alpha value is -5.07. The molecule has 12 nitrogen and oxygen atoms in total. The molecule has 0 bridgehead atoms. The van der Waals surface area contributed by atoms with Gasteiger partial charge in [-0.05, 0) is 71.7 Å². The van der Waals surface area contributed by atoms with Gasteiger partial charge < -0.3 is 44.5 Å². The zero-order chi connectivity index (χ0) is 31.0. The SMILES string of the molecule is COc1cccc(C(O)C(Oc2ccc(C(O)C(Oc3ccc(/C=C/C(=O)O)cc3C)C(=O)O)cc2OC)C(=O)O)c1.